The number of rotatable bonds is 8. The quantitative estimate of drug-likeness (QED) is 0.300. The lowest BCUT2D eigenvalue weighted by Gasteiger charge is -2.12. The van der Waals surface area contributed by atoms with Crippen molar-refractivity contribution < 1.29 is 9.47 Å². The van der Waals surface area contributed by atoms with E-state index in [1.807, 2.05) is 38.1 Å². The molecular weight excluding hydrogens is 381 g/mol. The molecule has 0 radical (unpaired) electrons. The first-order valence-electron chi connectivity index (χ1n) is 6.97. The van der Waals surface area contributed by atoms with Gasteiger partial charge in [0.25, 0.3) is 0 Å². The molecule has 1 aromatic carbocycles. The Morgan fingerprint density at radius 2 is 1.95 bits per heavy atom. The maximum atomic E-state index is 5.72. The van der Waals surface area contributed by atoms with E-state index in [2.05, 4.69) is 15.6 Å². The highest BCUT2D eigenvalue weighted by Gasteiger charge is 1.99. The largest absolute Gasteiger partial charge is 0.491 e. The van der Waals surface area contributed by atoms with Crippen LogP contribution in [-0.4, -0.2) is 45.9 Å². The third-order valence-corrected chi connectivity index (χ3v) is 2.66. The fourth-order valence-electron chi connectivity index (χ4n) is 1.64. The van der Waals surface area contributed by atoms with Gasteiger partial charge in [-0.15, -0.1) is 24.0 Å². The zero-order chi connectivity index (χ0) is 14.6. The molecule has 0 saturated heterocycles. The lowest BCUT2D eigenvalue weighted by Crippen LogP contribution is -2.39. The fourth-order valence-corrected chi connectivity index (χ4v) is 1.64. The predicted octanol–water partition coefficient (Wildman–Crippen LogP) is 2.19. The number of hydrogen-bond donors (Lipinski definition) is 2. The first kappa shape index (κ1) is 20.0. The number of ether oxygens (including phenoxy) is 2. The number of para-hydroxylation sites is 1. The van der Waals surface area contributed by atoms with Crippen LogP contribution < -0.4 is 15.4 Å². The van der Waals surface area contributed by atoms with Crippen molar-refractivity contribution in [3.63, 3.8) is 0 Å². The lowest BCUT2D eigenvalue weighted by molar-refractivity contribution is 0.208. The molecule has 1 rings (SSSR count). The number of nitrogens with one attached hydrogen (secondary N) is 2. The van der Waals surface area contributed by atoms with Crippen molar-refractivity contribution in [1.82, 2.24) is 10.6 Å². The first-order valence-corrected chi connectivity index (χ1v) is 6.97. The Balaban J connectivity index is 0.00000400. The van der Waals surface area contributed by atoms with E-state index in [9.17, 15) is 0 Å². The van der Waals surface area contributed by atoms with Gasteiger partial charge in [0, 0.05) is 13.7 Å². The van der Waals surface area contributed by atoms with Crippen molar-refractivity contribution in [2.75, 3.05) is 40.0 Å². The summed E-state index contributed by atoms with van der Waals surface area (Å²) >= 11 is 0. The normalized spacial score (nSPS) is 10.7. The smallest absolute Gasteiger partial charge is 0.191 e. The average Bonchev–Trinajstić information content (AvgIpc) is 2.45. The van der Waals surface area contributed by atoms with Crippen LogP contribution in [0, 0.1) is 6.92 Å². The topological polar surface area (TPSA) is 54.9 Å². The summed E-state index contributed by atoms with van der Waals surface area (Å²) in [5.74, 6) is 1.72. The Morgan fingerprint density at radius 3 is 2.62 bits per heavy atom. The van der Waals surface area contributed by atoms with Gasteiger partial charge in [0.15, 0.2) is 5.96 Å². The van der Waals surface area contributed by atoms with Crippen molar-refractivity contribution in [2.45, 2.75) is 13.8 Å². The van der Waals surface area contributed by atoms with Crippen molar-refractivity contribution in [3.8, 4) is 5.75 Å². The molecular formula is C15H26IN3O2. The molecule has 0 aliphatic heterocycles. The van der Waals surface area contributed by atoms with Crippen LogP contribution >= 0.6 is 24.0 Å². The number of methoxy groups -OCH3 is 1. The van der Waals surface area contributed by atoms with Gasteiger partial charge in [-0.25, -0.2) is 0 Å². The summed E-state index contributed by atoms with van der Waals surface area (Å²) in [7, 11) is 1.67. The predicted molar refractivity (Wildman–Crippen MR) is 97.9 cm³/mol. The number of nitrogens with zero attached hydrogens (tertiary/aromatic N) is 1. The van der Waals surface area contributed by atoms with Crippen LogP contribution in [0.1, 0.15) is 12.5 Å². The van der Waals surface area contributed by atoms with Crippen molar-refractivity contribution in [1.29, 1.82) is 0 Å². The standard InChI is InChI=1S/C15H25N3O2.HI/c1-4-16-15(17-9-11-19-3)18-10-12-20-14-8-6-5-7-13(14)2;/h5-8H,4,9-12H2,1-3H3,(H2,16,17,18);1H. The first-order chi connectivity index (χ1) is 9.77. The molecule has 1 aromatic rings. The van der Waals surface area contributed by atoms with Gasteiger partial charge in [0.05, 0.1) is 19.7 Å². The molecule has 0 saturated carbocycles. The van der Waals surface area contributed by atoms with Gasteiger partial charge in [-0.1, -0.05) is 18.2 Å². The number of hydrogen-bond acceptors (Lipinski definition) is 3. The van der Waals surface area contributed by atoms with Crippen LogP contribution in [0.25, 0.3) is 0 Å². The molecule has 0 amide bonds. The molecule has 2 N–H and O–H groups in total. The Kier molecular flexibility index (Phi) is 12.1. The van der Waals surface area contributed by atoms with Crippen LogP contribution in [0.4, 0.5) is 0 Å². The Labute approximate surface area is 144 Å². The summed E-state index contributed by atoms with van der Waals surface area (Å²) in [6.07, 6.45) is 0. The lowest BCUT2D eigenvalue weighted by atomic mass is 10.2. The van der Waals surface area contributed by atoms with Crippen molar-refractivity contribution >= 4 is 29.9 Å². The molecule has 0 bridgehead atoms. The minimum atomic E-state index is 0. The van der Waals surface area contributed by atoms with Crippen LogP contribution in [-0.2, 0) is 4.74 Å². The third-order valence-electron chi connectivity index (χ3n) is 2.66. The zero-order valence-electron chi connectivity index (χ0n) is 13.0. The second-order valence-corrected chi connectivity index (χ2v) is 4.29. The van der Waals surface area contributed by atoms with E-state index >= 15 is 0 Å². The maximum Gasteiger partial charge on any atom is 0.191 e. The molecule has 0 spiro atoms. The van der Waals surface area contributed by atoms with Gasteiger partial charge in [-0.05, 0) is 25.5 Å². The summed E-state index contributed by atoms with van der Waals surface area (Å²) in [6, 6.07) is 8.00. The number of halogens is 1. The van der Waals surface area contributed by atoms with Gasteiger partial charge >= 0.3 is 0 Å². The second kappa shape index (κ2) is 12.7. The van der Waals surface area contributed by atoms with Crippen LogP contribution in [0.15, 0.2) is 29.3 Å². The SMILES string of the molecule is CCNC(=NCCOC)NCCOc1ccccc1C.I. The van der Waals surface area contributed by atoms with Crippen molar-refractivity contribution in [3.05, 3.63) is 29.8 Å². The molecule has 5 nitrogen and oxygen atoms in total. The van der Waals surface area contributed by atoms with E-state index in [0.717, 1.165) is 23.8 Å². The summed E-state index contributed by atoms with van der Waals surface area (Å²) in [5, 5.41) is 6.41. The summed E-state index contributed by atoms with van der Waals surface area (Å²) < 4.78 is 10.7. The van der Waals surface area contributed by atoms with E-state index in [0.29, 0.717) is 26.3 Å². The number of benzene rings is 1. The molecule has 0 fully saturated rings. The molecule has 0 aromatic heterocycles. The molecule has 0 unspecified atom stereocenters. The zero-order valence-corrected chi connectivity index (χ0v) is 15.3. The van der Waals surface area contributed by atoms with Gasteiger partial charge in [-0.2, -0.15) is 0 Å². The highest BCUT2D eigenvalue weighted by Crippen LogP contribution is 2.15. The van der Waals surface area contributed by atoms with Crippen LogP contribution in [0.5, 0.6) is 5.75 Å². The van der Waals surface area contributed by atoms with E-state index in [1.165, 1.54) is 0 Å². The molecule has 0 aliphatic carbocycles. The molecule has 21 heavy (non-hydrogen) atoms. The highest BCUT2D eigenvalue weighted by molar-refractivity contribution is 14.0. The minimum absolute atomic E-state index is 0. The number of guanidine groups is 1. The van der Waals surface area contributed by atoms with Gasteiger partial charge < -0.3 is 20.1 Å². The Morgan fingerprint density at radius 1 is 1.19 bits per heavy atom. The maximum absolute atomic E-state index is 5.72. The van der Waals surface area contributed by atoms with Crippen LogP contribution in [0.2, 0.25) is 0 Å². The molecule has 0 heterocycles. The summed E-state index contributed by atoms with van der Waals surface area (Å²) in [4.78, 5) is 4.38. The summed E-state index contributed by atoms with van der Waals surface area (Å²) in [5.41, 5.74) is 1.15. The van der Waals surface area contributed by atoms with Crippen molar-refractivity contribution in [2.24, 2.45) is 4.99 Å². The van der Waals surface area contributed by atoms with E-state index in [1.54, 1.807) is 7.11 Å². The van der Waals surface area contributed by atoms with E-state index < -0.39 is 0 Å². The molecule has 6 heteroatoms. The van der Waals surface area contributed by atoms with Gasteiger partial charge in [0.1, 0.15) is 12.4 Å². The Hall–Kier alpha value is -1.02. The van der Waals surface area contributed by atoms with Gasteiger partial charge in [-0.3, -0.25) is 4.99 Å². The minimum Gasteiger partial charge on any atom is -0.491 e. The van der Waals surface area contributed by atoms with Gasteiger partial charge in [0.2, 0.25) is 0 Å². The molecule has 120 valence electrons. The second-order valence-electron chi connectivity index (χ2n) is 4.29. The molecule has 0 aliphatic rings. The van der Waals surface area contributed by atoms with E-state index in [-0.39, 0.29) is 24.0 Å². The monoisotopic (exact) mass is 407 g/mol. The number of aryl methyl sites for hydroxylation is 1. The average molecular weight is 407 g/mol. The van der Waals surface area contributed by atoms with E-state index in [4.69, 9.17) is 9.47 Å². The molecule has 0 atom stereocenters. The third kappa shape index (κ3) is 8.77. The number of aliphatic imine (C=N–C) groups is 1. The fraction of sp³-hybridized carbons (Fsp3) is 0.533. The van der Waals surface area contributed by atoms with Crippen LogP contribution in [0.3, 0.4) is 0 Å². The highest BCUT2D eigenvalue weighted by atomic mass is 127. The summed E-state index contributed by atoms with van der Waals surface area (Å²) in [6.45, 7) is 7.47. The Bertz CT molecular complexity index is 414.